The second kappa shape index (κ2) is 5.92. The maximum Gasteiger partial charge on any atom is 0.417 e. The molecule has 0 unspecified atom stereocenters. The SMILES string of the molecule is O=C(OCc1ccccc1)N1CCCn2nc(CO)nc21. The maximum atomic E-state index is 12.2. The van der Waals surface area contributed by atoms with E-state index in [-0.39, 0.29) is 13.2 Å². The van der Waals surface area contributed by atoms with E-state index in [0.29, 0.717) is 24.9 Å². The molecule has 2 aromatic rings. The molecule has 1 aliphatic rings. The summed E-state index contributed by atoms with van der Waals surface area (Å²) in [6, 6.07) is 9.50. The van der Waals surface area contributed by atoms with Crippen molar-refractivity contribution in [3.05, 3.63) is 41.7 Å². The van der Waals surface area contributed by atoms with Gasteiger partial charge in [-0.2, -0.15) is 10.1 Å². The zero-order chi connectivity index (χ0) is 14.7. The standard InChI is InChI=1S/C14H16N4O3/c19-9-12-15-13-17(7-4-8-18(13)16-12)14(20)21-10-11-5-2-1-3-6-11/h1-3,5-6,19H,4,7-10H2. The Bertz CT molecular complexity index is 626. The van der Waals surface area contributed by atoms with Crippen LogP contribution >= 0.6 is 0 Å². The topological polar surface area (TPSA) is 80.5 Å². The quantitative estimate of drug-likeness (QED) is 0.921. The summed E-state index contributed by atoms with van der Waals surface area (Å²) in [6.07, 6.45) is 0.332. The minimum absolute atomic E-state index is 0.219. The van der Waals surface area contributed by atoms with Gasteiger partial charge in [0.2, 0.25) is 5.95 Å². The van der Waals surface area contributed by atoms with Crippen molar-refractivity contribution in [1.29, 1.82) is 0 Å². The van der Waals surface area contributed by atoms with Crippen molar-refractivity contribution in [3.8, 4) is 0 Å². The van der Waals surface area contributed by atoms with Crippen LogP contribution < -0.4 is 4.90 Å². The molecule has 0 fully saturated rings. The number of aliphatic hydroxyl groups is 1. The number of ether oxygens (including phenoxy) is 1. The molecule has 1 aliphatic heterocycles. The van der Waals surface area contributed by atoms with Crippen LogP contribution in [-0.4, -0.2) is 32.5 Å². The fraction of sp³-hybridized carbons (Fsp3) is 0.357. The summed E-state index contributed by atoms with van der Waals surface area (Å²) in [7, 11) is 0. The Morgan fingerprint density at radius 3 is 2.86 bits per heavy atom. The van der Waals surface area contributed by atoms with Gasteiger partial charge >= 0.3 is 6.09 Å². The molecule has 0 saturated heterocycles. The summed E-state index contributed by atoms with van der Waals surface area (Å²) in [5.74, 6) is 0.746. The largest absolute Gasteiger partial charge is 0.444 e. The number of aryl methyl sites for hydroxylation is 1. The summed E-state index contributed by atoms with van der Waals surface area (Å²) in [5.41, 5.74) is 0.931. The van der Waals surface area contributed by atoms with Crippen molar-refractivity contribution in [1.82, 2.24) is 14.8 Å². The van der Waals surface area contributed by atoms with Crippen LogP contribution in [0.15, 0.2) is 30.3 Å². The molecule has 1 N–H and O–H groups in total. The third-order valence-corrected chi connectivity index (χ3v) is 3.26. The molecule has 3 rings (SSSR count). The van der Waals surface area contributed by atoms with Crippen molar-refractivity contribution < 1.29 is 14.6 Å². The second-order valence-electron chi connectivity index (χ2n) is 4.75. The predicted molar refractivity (Wildman–Crippen MR) is 74.5 cm³/mol. The Morgan fingerprint density at radius 1 is 1.29 bits per heavy atom. The number of hydrogen-bond donors (Lipinski definition) is 1. The number of hydrogen-bond acceptors (Lipinski definition) is 5. The molecule has 0 aliphatic carbocycles. The van der Waals surface area contributed by atoms with Gasteiger partial charge in [-0.25, -0.2) is 14.4 Å². The van der Waals surface area contributed by atoms with E-state index in [9.17, 15) is 4.79 Å². The maximum absolute atomic E-state index is 12.2. The Hall–Kier alpha value is -2.41. The van der Waals surface area contributed by atoms with E-state index in [4.69, 9.17) is 9.84 Å². The summed E-state index contributed by atoms with van der Waals surface area (Å²) in [6.45, 7) is 1.20. The molecule has 2 heterocycles. The summed E-state index contributed by atoms with van der Waals surface area (Å²) in [4.78, 5) is 17.8. The molecule has 0 atom stereocenters. The van der Waals surface area contributed by atoms with Crippen molar-refractivity contribution in [2.45, 2.75) is 26.2 Å². The fourth-order valence-corrected chi connectivity index (χ4v) is 2.24. The molecule has 7 heteroatoms. The third-order valence-electron chi connectivity index (χ3n) is 3.26. The highest BCUT2D eigenvalue weighted by Gasteiger charge is 2.27. The summed E-state index contributed by atoms with van der Waals surface area (Å²) in [5, 5.41) is 13.2. The van der Waals surface area contributed by atoms with Crippen molar-refractivity contribution >= 4 is 12.0 Å². The fourth-order valence-electron chi connectivity index (χ4n) is 2.24. The molecule has 0 saturated carbocycles. The summed E-state index contributed by atoms with van der Waals surface area (Å²) < 4.78 is 6.93. The molecule has 1 amide bonds. The number of carbonyl (C=O) groups is 1. The number of carbonyl (C=O) groups excluding carboxylic acids is 1. The van der Waals surface area contributed by atoms with Crippen molar-refractivity contribution in [2.24, 2.45) is 0 Å². The van der Waals surface area contributed by atoms with E-state index in [0.717, 1.165) is 12.0 Å². The zero-order valence-electron chi connectivity index (χ0n) is 11.5. The van der Waals surface area contributed by atoms with Gasteiger partial charge in [0.25, 0.3) is 0 Å². The van der Waals surface area contributed by atoms with Crippen LogP contribution in [0.25, 0.3) is 0 Å². The van der Waals surface area contributed by atoms with Crippen LogP contribution in [0.2, 0.25) is 0 Å². The summed E-state index contributed by atoms with van der Waals surface area (Å²) >= 11 is 0. The molecule has 1 aromatic carbocycles. The van der Waals surface area contributed by atoms with Gasteiger partial charge in [-0.3, -0.25) is 0 Å². The molecule has 110 valence electrons. The highest BCUT2D eigenvalue weighted by molar-refractivity contribution is 5.85. The van der Waals surface area contributed by atoms with Gasteiger partial charge in [-0.1, -0.05) is 30.3 Å². The van der Waals surface area contributed by atoms with E-state index in [2.05, 4.69) is 10.1 Å². The highest BCUT2D eigenvalue weighted by atomic mass is 16.6. The highest BCUT2D eigenvalue weighted by Crippen LogP contribution is 2.19. The molecular weight excluding hydrogens is 272 g/mol. The van der Waals surface area contributed by atoms with Crippen molar-refractivity contribution in [2.75, 3.05) is 11.4 Å². The molecule has 0 radical (unpaired) electrons. The minimum Gasteiger partial charge on any atom is -0.444 e. The average Bonchev–Trinajstić information content (AvgIpc) is 2.96. The lowest BCUT2D eigenvalue weighted by atomic mass is 10.2. The Kier molecular flexibility index (Phi) is 3.83. The smallest absolute Gasteiger partial charge is 0.417 e. The van der Waals surface area contributed by atoms with Gasteiger partial charge in [0.1, 0.15) is 13.2 Å². The lowest BCUT2D eigenvalue weighted by Crippen LogP contribution is -2.38. The number of benzene rings is 1. The molecule has 0 bridgehead atoms. The number of aromatic nitrogens is 3. The number of nitrogens with zero attached hydrogens (tertiary/aromatic N) is 4. The number of fused-ring (bicyclic) bond motifs is 1. The van der Waals surface area contributed by atoms with Gasteiger partial charge in [-0.15, -0.1) is 0 Å². The van der Waals surface area contributed by atoms with Crippen LogP contribution in [0, 0.1) is 0 Å². The Morgan fingerprint density at radius 2 is 2.10 bits per heavy atom. The molecule has 21 heavy (non-hydrogen) atoms. The van der Waals surface area contributed by atoms with E-state index in [1.807, 2.05) is 30.3 Å². The lowest BCUT2D eigenvalue weighted by molar-refractivity contribution is 0.145. The van der Waals surface area contributed by atoms with Gasteiger partial charge < -0.3 is 9.84 Å². The van der Waals surface area contributed by atoms with Crippen LogP contribution in [0.1, 0.15) is 17.8 Å². The van der Waals surface area contributed by atoms with Crippen LogP contribution in [0.5, 0.6) is 0 Å². The normalized spacial score (nSPS) is 13.9. The van der Waals surface area contributed by atoms with Gasteiger partial charge in [0, 0.05) is 13.1 Å². The number of anilines is 1. The van der Waals surface area contributed by atoms with Crippen LogP contribution in [0.4, 0.5) is 10.7 Å². The Balaban J connectivity index is 1.70. The lowest BCUT2D eigenvalue weighted by Gasteiger charge is -2.25. The predicted octanol–water partition coefficient (Wildman–Crippen LogP) is 1.32. The van der Waals surface area contributed by atoms with Crippen molar-refractivity contribution in [3.63, 3.8) is 0 Å². The number of amides is 1. The van der Waals surface area contributed by atoms with E-state index in [1.165, 1.54) is 4.90 Å². The molecule has 7 nitrogen and oxygen atoms in total. The van der Waals surface area contributed by atoms with E-state index < -0.39 is 6.09 Å². The van der Waals surface area contributed by atoms with Crippen LogP contribution in [-0.2, 0) is 24.5 Å². The van der Waals surface area contributed by atoms with Gasteiger partial charge in [0.05, 0.1) is 0 Å². The zero-order valence-corrected chi connectivity index (χ0v) is 11.5. The number of aliphatic hydroxyl groups excluding tert-OH is 1. The molecule has 0 spiro atoms. The third kappa shape index (κ3) is 2.87. The first-order valence-corrected chi connectivity index (χ1v) is 6.81. The second-order valence-corrected chi connectivity index (χ2v) is 4.75. The molecule has 1 aromatic heterocycles. The molecular formula is C14H16N4O3. The monoisotopic (exact) mass is 288 g/mol. The van der Waals surface area contributed by atoms with E-state index in [1.54, 1.807) is 4.68 Å². The Labute approximate surface area is 121 Å². The average molecular weight is 288 g/mol. The minimum atomic E-state index is -0.448. The first kappa shape index (κ1) is 13.6. The number of rotatable bonds is 3. The van der Waals surface area contributed by atoms with E-state index >= 15 is 0 Å². The first-order chi connectivity index (χ1) is 10.3. The van der Waals surface area contributed by atoms with Gasteiger partial charge in [-0.05, 0) is 12.0 Å². The van der Waals surface area contributed by atoms with Crippen LogP contribution in [0.3, 0.4) is 0 Å². The first-order valence-electron chi connectivity index (χ1n) is 6.81. The van der Waals surface area contributed by atoms with Gasteiger partial charge in [0.15, 0.2) is 5.82 Å².